The number of carbonyl (C=O) groups is 1. The van der Waals surface area contributed by atoms with Crippen molar-refractivity contribution in [1.82, 2.24) is 0 Å². The van der Waals surface area contributed by atoms with Gasteiger partial charge in [0.2, 0.25) is 5.91 Å². The molecule has 2 aromatic carbocycles. The van der Waals surface area contributed by atoms with Gasteiger partial charge in [-0.1, -0.05) is 23.7 Å². The Morgan fingerprint density at radius 3 is 2.65 bits per heavy atom. The Balaban J connectivity index is 2.01. The van der Waals surface area contributed by atoms with Gasteiger partial charge in [-0.3, -0.25) is 14.9 Å². The lowest BCUT2D eigenvalue weighted by atomic mass is 10.1. The van der Waals surface area contributed by atoms with Crippen molar-refractivity contribution in [3.63, 3.8) is 0 Å². The number of non-ortho nitro benzene ring substituents is 1. The molecule has 6 nitrogen and oxygen atoms in total. The number of nitro groups is 1. The molecule has 2 aromatic rings. The third-order valence-electron chi connectivity index (χ3n) is 3.21. The fourth-order valence-electron chi connectivity index (χ4n) is 2.17. The first-order valence-electron chi connectivity index (χ1n) is 6.92. The molecule has 0 bridgehead atoms. The number of halogens is 1. The van der Waals surface area contributed by atoms with E-state index in [0.717, 1.165) is 11.1 Å². The molecule has 0 unspecified atom stereocenters. The van der Waals surface area contributed by atoms with Crippen molar-refractivity contribution in [2.24, 2.45) is 0 Å². The molecule has 0 aliphatic carbocycles. The molecule has 0 aliphatic rings. The van der Waals surface area contributed by atoms with Crippen LogP contribution < -0.4 is 10.6 Å². The molecule has 2 rings (SSSR count). The summed E-state index contributed by atoms with van der Waals surface area (Å²) in [7, 11) is 0. The predicted octanol–water partition coefficient (Wildman–Crippen LogP) is 3.92. The van der Waals surface area contributed by atoms with Crippen LogP contribution in [0.15, 0.2) is 36.4 Å². The lowest BCUT2D eigenvalue weighted by Gasteiger charge is -2.12. The van der Waals surface area contributed by atoms with E-state index in [1.165, 1.54) is 12.1 Å². The van der Waals surface area contributed by atoms with E-state index in [0.29, 0.717) is 16.4 Å². The molecule has 7 heteroatoms. The molecule has 0 radical (unpaired) electrons. The summed E-state index contributed by atoms with van der Waals surface area (Å²) < 4.78 is 0. The van der Waals surface area contributed by atoms with Crippen LogP contribution >= 0.6 is 11.6 Å². The maximum Gasteiger partial charge on any atom is 0.271 e. The van der Waals surface area contributed by atoms with Gasteiger partial charge in [-0.15, -0.1) is 0 Å². The van der Waals surface area contributed by atoms with E-state index in [2.05, 4.69) is 10.6 Å². The van der Waals surface area contributed by atoms with Crippen molar-refractivity contribution >= 4 is 34.6 Å². The predicted molar refractivity (Wildman–Crippen MR) is 91.1 cm³/mol. The van der Waals surface area contributed by atoms with Gasteiger partial charge in [0.05, 0.1) is 22.2 Å². The minimum Gasteiger partial charge on any atom is -0.376 e. The second-order valence-electron chi connectivity index (χ2n) is 5.15. The number of nitrogens with one attached hydrogen (secondary N) is 2. The van der Waals surface area contributed by atoms with E-state index in [1.54, 1.807) is 18.2 Å². The molecule has 0 heterocycles. The highest BCUT2D eigenvalue weighted by molar-refractivity contribution is 6.34. The molecule has 0 fully saturated rings. The summed E-state index contributed by atoms with van der Waals surface area (Å²) in [6, 6.07) is 9.68. The average Bonchev–Trinajstić information content (AvgIpc) is 2.49. The number of amides is 1. The summed E-state index contributed by atoms with van der Waals surface area (Å²) in [6.45, 7) is 3.77. The lowest BCUT2D eigenvalue weighted by Crippen LogP contribution is -2.22. The van der Waals surface area contributed by atoms with Gasteiger partial charge in [0, 0.05) is 17.8 Å². The summed E-state index contributed by atoms with van der Waals surface area (Å²) in [6.07, 6.45) is 0. The first kappa shape index (κ1) is 16.8. The number of benzene rings is 2. The van der Waals surface area contributed by atoms with Gasteiger partial charge in [-0.25, -0.2) is 0 Å². The van der Waals surface area contributed by atoms with Gasteiger partial charge < -0.3 is 10.6 Å². The number of rotatable bonds is 5. The van der Waals surface area contributed by atoms with Gasteiger partial charge in [-0.05, 0) is 37.1 Å². The molecular formula is C16H16ClN3O3. The number of nitro benzene ring substituents is 1. The fourth-order valence-corrected chi connectivity index (χ4v) is 2.54. The highest BCUT2D eigenvalue weighted by Crippen LogP contribution is 2.27. The molecule has 2 N–H and O–H groups in total. The van der Waals surface area contributed by atoms with E-state index in [4.69, 9.17) is 11.6 Å². The van der Waals surface area contributed by atoms with E-state index in [1.807, 2.05) is 19.9 Å². The third kappa shape index (κ3) is 4.43. The summed E-state index contributed by atoms with van der Waals surface area (Å²) in [4.78, 5) is 22.3. The molecule has 23 heavy (non-hydrogen) atoms. The smallest absolute Gasteiger partial charge is 0.271 e. The van der Waals surface area contributed by atoms with Crippen LogP contribution in [0.5, 0.6) is 0 Å². The molecule has 0 aromatic heterocycles. The van der Waals surface area contributed by atoms with Crippen molar-refractivity contribution in [1.29, 1.82) is 0 Å². The van der Waals surface area contributed by atoms with Crippen LogP contribution in [0.3, 0.4) is 0 Å². The van der Waals surface area contributed by atoms with Gasteiger partial charge in [0.25, 0.3) is 5.69 Å². The summed E-state index contributed by atoms with van der Waals surface area (Å²) in [5, 5.41) is 16.8. The Bertz CT molecular complexity index is 739. The SMILES string of the molecule is Cc1cc(C)c(NC(=O)CNc2cccc([N+](=O)[O-])c2)c(Cl)c1. The first-order valence-corrected chi connectivity index (χ1v) is 7.29. The standard InChI is InChI=1S/C16H16ClN3O3/c1-10-6-11(2)16(14(17)7-10)19-15(21)9-18-12-4-3-5-13(8-12)20(22)23/h3-8,18H,9H2,1-2H3,(H,19,21). The molecule has 1 amide bonds. The zero-order valence-corrected chi connectivity index (χ0v) is 13.5. The van der Waals surface area contributed by atoms with Gasteiger partial charge in [-0.2, -0.15) is 0 Å². The molecule has 0 aliphatic heterocycles. The summed E-state index contributed by atoms with van der Waals surface area (Å²) in [5.74, 6) is -0.287. The highest BCUT2D eigenvalue weighted by Gasteiger charge is 2.10. The van der Waals surface area contributed by atoms with Gasteiger partial charge in [0.15, 0.2) is 0 Å². The van der Waals surface area contributed by atoms with Crippen LogP contribution in [0.1, 0.15) is 11.1 Å². The van der Waals surface area contributed by atoms with Crippen LogP contribution in [0.25, 0.3) is 0 Å². The number of hydrogen-bond donors (Lipinski definition) is 2. The second-order valence-corrected chi connectivity index (χ2v) is 5.56. The number of hydrogen-bond acceptors (Lipinski definition) is 4. The van der Waals surface area contributed by atoms with Crippen molar-refractivity contribution in [3.8, 4) is 0 Å². The van der Waals surface area contributed by atoms with Crippen molar-refractivity contribution in [2.45, 2.75) is 13.8 Å². The number of nitrogens with zero attached hydrogens (tertiary/aromatic N) is 1. The number of carbonyl (C=O) groups excluding carboxylic acids is 1. The summed E-state index contributed by atoms with van der Waals surface area (Å²) >= 11 is 6.14. The molecule has 120 valence electrons. The molecule has 0 saturated heterocycles. The van der Waals surface area contributed by atoms with Crippen LogP contribution in [0.4, 0.5) is 17.1 Å². The Labute approximate surface area is 138 Å². The first-order chi connectivity index (χ1) is 10.9. The maximum absolute atomic E-state index is 12.0. The molecule has 0 spiro atoms. The van der Waals surface area contributed by atoms with E-state index >= 15 is 0 Å². The van der Waals surface area contributed by atoms with Gasteiger partial charge >= 0.3 is 0 Å². The van der Waals surface area contributed by atoms with Crippen LogP contribution in [0, 0.1) is 24.0 Å². The van der Waals surface area contributed by atoms with Crippen molar-refractivity contribution < 1.29 is 9.72 Å². The quantitative estimate of drug-likeness (QED) is 0.641. The fraction of sp³-hybridized carbons (Fsp3) is 0.188. The minimum absolute atomic E-state index is 0.0230. The van der Waals surface area contributed by atoms with Crippen LogP contribution in [0.2, 0.25) is 5.02 Å². The average molecular weight is 334 g/mol. The Hall–Kier alpha value is -2.60. The Kier molecular flexibility index (Phi) is 5.18. The lowest BCUT2D eigenvalue weighted by molar-refractivity contribution is -0.384. The number of aryl methyl sites for hydroxylation is 2. The van der Waals surface area contributed by atoms with Gasteiger partial charge in [0.1, 0.15) is 0 Å². The number of anilines is 2. The monoisotopic (exact) mass is 333 g/mol. The summed E-state index contributed by atoms with van der Waals surface area (Å²) in [5.41, 5.74) is 2.93. The molecule has 0 saturated carbocycles. The zero-order chi connectivity index (χ0) is 17.0. The minimum atomic E-state index is -0.485. The van der Waals surface area contributed by atoms with Crippen molar-refractivity contribution in [3.05, 3.63) is 62.7 Å². The van der Waals surface area contributed by atoms with E-state index in [-0.39, 0.29) is 18.1 Å². The van der Waals surface area contributed by atoms with Crippen LogP contribution in [-0.4, -0.2) is 17.4 Å². The Morgan fingerprint density at radius 2 is 2.00 bits per heavy atom. The largest absolute Gasteiger partial charge is 0.376 e. The highest BCUT2D eigenvalue weighted by atomic mass is 35.5. The molecular weight excluding hydrogens is 318 g/mol. The second kappa shape index (κ2) is 7.11. The maximum atomic E-state index is 12.0. The Morgan fingerprint density at radius 1 is 1.26 bits per heavy atom. The van der Waals surface area contributed by atoms with E-state index in [9.17, 15) is 14.9 Å². The topological polar surface area (TPSA) is 84.3 Å². The molecule has 0 atom stereocenters. The third-order valence-corrected chi connectivity index (χ3v) is 3.50. The van der Waals surface area contributed by atoms with E-state index < -0.39 is 4.92 Å². The van der Waals surface area contributed by atoms with Crippen LogP contribution in [-0.2, 0) is 4.79 Å². The zero-order valence-electron chi connectivity index (χ0n) is 12.7. The van der Waals surface area contributed by atoms with Crippen molar-refractivity contribution in [2.75, 3.05) is 17.2 Å². The normalized spacial score (nSPS) is 10.2.